The molecule has 6 heteroatoms. The molecule has 0 bridgehead atoms. The van der Waals surface area contributed by atoms with Crippen molar-refractivity contribution >= 4 is 16.8 Å². The number of ketones is 1. The van der Waals surface area contributed by atoms with Gasteiger partial charge in [-0.25, -0.2) is 0 Å². The van der Waals surface area contributed by atoms with Gasteiger partial charge < -0.3 is 19.0 Å². The first-order valence-corrected chi connectivity index (χ1v) is 7.49. The number of benzene rings is 2. The molecule has 1 N–H and O–H groups in total. The summed E-state index contributed by atoms with van der Waals surface area (Å²) in [6, 6.07) is 9.04. The zero-order chi connectivity index (χ0) is 18.1. The van der Waals surface area contributed by atoms with Gasteiger partial charge in [-0.3, -0.25) is 9.59 Å². The van der Waals surface area contributed by atoms with E-state index in [2.05, 4.69) is 0 Å². The number of rotatable bonds is 4. The molecule has 0 spiro atoms. The smallest absolute Gasteiger partial charge is 0.193 e. The lowest BCUT2D eigenvalue weighted by Crippen LogP contribution is -2.07. The second-order valence-corrected chi connectivity index (χ2v) is 5.44. The molecule has 3 aromatic rings. The zero-order valence-electron chi connectivity index (χ0n) is 14.0. The van der Waals surface area contributed by atoms with Crippen LogP contribution in [0.2, 0.25) is 0 Å². The Morgan fingerprint density at radius 1 is 1.08 bits per heavy atom. The molecule has 0 aliphatic heterocycles. The number of aromatic hydroxyl groups is 1. The van der Waals surface area contributed by atoms with E-state index < -0.39 is 0 Å². The number of phenols is 1. The maximum absolute atomic E-state index is 12.6. The first kappa shape index (κ1) is 16.6. The molecule has 0 fully saturated rings. The number of carbonyl (C=O) groups is 1. The number of fused-ring (bicyclic) bond motifs is 1. The van der Waals surface area contributed by atoms with Crippen LogP contribution in [0.25, 0.3) is 22.3 Å². The average Bonchev–Trinajstić information content (AvgIpc) is 2.60. The van der Waals surface area contributed by atoms with Crippen molar-refractivity contribution in [2.45, 2.75) is 6.92 Å². The van der Waals surface area contributed by atoms with Crippen molar-refractivity contribution in [3.05, 3.63) is 52.2 Å². The summed E-state index contributed by atoms with van der Waals surface area (Å²) >= 11 is 0. The predicted molar refractivity (Wildman–Crippen MR) is 92.7 cm³/mol. The molecule has 0 aliphatic carbocycles. The Hall–Kier alpha value is -3.28. The Morgan fingerprint density at radius 3 is 2.32 bits per heavy atom. The third kappa shape index (κ3) is 2.82. The fraction of sp³-hybridized carbons (Fsp3) is 0.158. The van der Waals surface area contributed by atoms with Crippen LogP contribution in [0.15, 0.2) is 45.6 Å². The maximum atomic E-state index is 12.6. The van der Waals surface area contributed by atoms with Crippen molar-refractivity contribution in [1.29, 1.82) is 0 Å². The largest absolute Gasteiger partial charge is 0.508 e. The summed E-state index contributed by atoms with van der Waals surface area (Å²) < 4.78 is 16.4. The van der Waals surface area contributed by atoms with Crippen LogP contribution in [0.4, 0.5) is 0 Å². The number of methoxy groups -OCH3 is 2. The van der Waals surface area contributed by atoms with Crippen LogP contribution in [-0.2, 0) is 0 Å². The van der Waals surface area contributed by atoms with Gasteiger partial charge in [0.1, 0.15) is 17.1 Å². The molecule has 0 saturated heterocycles. The van der Waals surface area contributed by atoms with Gasteiger partial charge in [-0.2, -0.15) is 0 Å². The normalized spacial score (nSPS) is 10.7. The summed E-state index contributed by atoms with van der Waals surface area (Å²) in [6.45, 7) is 1.37. The van der Waals surface area contributed by atoms with Crippen LogP contribution in [0.1, 0.15) is 17.3 Å². The highest BCUT2D eigenvalue weighted by Gasteiger charge is 2.22. The van der Waals surface area contributed by atoms with Crippen molar-refractivity contribution in [2.75, 3.05) is 14.2 Å². The quantitative estimate of drug-likeness (QED) is 0.733. The molecule has 0 saturated carbocycles. The Bertz CT molecular complexity index is 1010. The number of ether oxygens (including phenoxy) is 2. The molecule has 6 nitrogen and oxygen atoms in total. The monoisotopic (exact) mass is 340 g/mol. The van der Waals surface area contributed by atoms with Crippen LogP contribution >= 0.6 is 0 Å². The topological polar surface area (TPSA) is 86.0 Å². The van der Waals surface area contributed by atoms with Gasteiger partial charge in [0.05, 0.1) is 19.6 Å². The van der Waals surface area contributed by atoms with E-state index in [1.54, 1.807) is 12.1 Å². The van der Waals surface area contributed by atoms with Crippen LogP contribution in [0.3, 0.4) is 0 Å². The molecule has 1 aromatic heterocycles. The number of phenolic OH excluding ortho intramolecular Hbond substituents is 1. The summed E-state index contributed by atoms with van der Waals surface area (Å²) in [4.78, 5) is 24.7. The van der Waals surface area contributed by atoms with Crippen molar-refractivity contribution in [2.24, 2.45) is 0 Å². The molecule has 128 valence electrons. The summed E-state index contributed by atoms with van der Waals surface area (Å²) in [5, 5.41) is 9.63. The summed E-state index contributed by atoms with van der Waals surface area (Å²) in [5.74, 6) is 0.570. The highest BCUT2D eigenvalue weighted by Crippen LogP contribution is 2.38. The minimum atomic E-state index is -0.313. The summed E-state index contributed by atoms with van der Waals surface area (Å²) in [5.41, 5.74) is 0.573. The summed E-state index contributed by atoms with van der Waals surface area (Å²) in [7, 11) is 2.85. The number of Topliss-reactive ketones (excluding diaryl/α,β-unsaturated/α-hetero) is 1. The minimum absolute atomic E-state index is 0.0997. The summed E-state index contributed by atoms with van der Waals surface area (Å²) in [6.07, 6.45) is 0. The predicted octanol–water partition coefficient (Wildman–Crippen LogP) is 3.39. The van der Waals surface area contributed by atoms with Gasteiger partial charge in [-0.1, -0.05) is 0 Å². The third-order valence-corrected chi connectivity index (χ3v) is 3.87. The van der Waals surface area contributed by atoms with Crippen molar-refractivity contribution in [1.82, 2.24) is 0 Å². The molecule has 25 heavy (non-hydrogen) atoms. The fourth-order valence-electron chi connectivity index (χ4n) is 2.69. The number of hydrogen-bond acceptors (Lipinski definition) is 6. The molecule has 1 heterocycles. The van der Waals surface area contributed by atoms with Crippen LogP contribution < -0.4 is 14.9 Å². The van der Waals surface area contributed by atoms with E-state index in [1.165, 1.54) is 45.4 Å². The molecule has 3 rings (SSSR count). The zero-order valence-corrected chi connectivity index (χ0v) is 14.0. The Morgan fingerprint density at radius 2 is 1.76 bits per heavy atom. The maximum Gasteiger partial charge on any atom is 0.193 e. The molecule has 0 unspecified atom stereocenters. The molecule has 0 aliphatic rings. The molecular formula is C19H16O6. The number of hydrogen-bond donors (Lipinski definition) is 1. The van der Waals surface area contributed by atoms with E-state index in [9.17, 15) is 14.7 Å². The first-order chi connectivity index (χ1) is 12.0. The lowest BCUT2D eigenvalue weighted by Gasteiger charge is -2.14. The lowest BCUT2D eigenvalue weighted by atomic mass is 10.0. The molecule has 0 atom stereocenters. The van der Waals surface area contributed by atoms with Gasteiger partial charge in [0.2, 0.25) is 0 Å². The van der Waals surface area contributed by atoms with E-state index in [-0.39, 0.29) is 50.8 Å². The van der Waals surface area contributed by atoms with E-state index in [4.69, 9.17) is 13.9 Å². The van der Waals surface area contributed by atoms with Gasteiger partial charge in [0, 0.05) is 11.6 Å². The third-order valence-electron chi connectivity index (χ3n) is 3.87. The first-order valence-electron chi connectivity index (χ1n) is 7.49. The van der Waals surface area contributed by atoms with Crippen LogP contribution in [0, 0.1) is 0 Å². The van der Waals surface area contributed by atoms with Crippen LogP contribution in [-0.4, -0.2) is 25.1 Å². The highest BCUT2D eigenvalue weighted by atomic mass is 16.5. The standard InChI is InChI=1S/C19H16O6/c1-10(20)17-18-13(8-16(23-2)19(17)24-3)14(22)9-15(25-18)11-4-6-12(21)7-5-11/h4-9,21H,1-3H3. The Labute approximate surface area is 143 Å². The van der Waals surface area contributed by atoms with Crippen molar-refractivity contribution in [3.63, 3.8) is 0 Å². The van der Waals surface area contributed by atoms with E-state index in [1.807, 2.05) is 0 Å². The van der Waals surface area contributed by atoms with E-state index in [0.717, 1.165) is 0 Å². The Kier molecular flexibility index (Phi) is 4.19. The van der Waals surface area contributed by atoms with Gasteiger partial charge in [-0.15, -0.1) is 0 Å². The van der Waals surface area contributed by atoms with Gasteiger partial charge in [0.25, 0.3) is 0 Å². The Balaban J connectivity index is 2.40. The second kappa shape index (κ2) is 6.32. The van der Waals surface area contributed by atoms with E-state index >= 15 is 0 Å². The SMILES string of the molecule is COc1cc2c(=O)cc(-c3ccc(O)cc3)oc2c(C(C)=O)c1OC. The van der Waals surface area contributed by atoms with Crippen molar-refractivity contribution < 1.29 is 23.8 Å². The molecule has 0 amide bonds. The van der Waals surface area contributed by atoms with Gasteiger partial charge >= 0.3 is 0 Å². The van der Waals surface area contributed by atoms with Crippen molar-refractivity contribution in [3.8, 4) is 28.6 Å². The van der Waals surface area contributed by atoms with E-state index in [0.29, 0.717) is 5.56 Å². The number of carbonyl (C=O) groups excluding carboxylic acids is 1. The molecular weight excluding hydrogens is 324 g/mol. The minimum Gasteiger partial charge on any atom is -0.508 e. The van der Waals surface area contributed by atoms with Gasteiger partial charge in [-0.05, 0) is 37.3 Å². The highest BCUT2D eigenvalue weighted by molar-refractivity contribution is 6.08. The fourth-order valence-corrected chi connectivity index (χ4v) is 2.69. The molecule has 0 radical (unpaired) electrons. The lowest BCUT2D eigenvalue weighted by molar-refractivity contribution is 0.101. The average molecular weight is 340 g/mol. The van der Waals surface area contributed by atoms with Crippen LogP contribution in [0.5, 0.6) is 17.2 Å². The molecule has 2 aromatic carbocycles. The second-order valence-electron chi connectivity index (χ2n) is 5.44. The van der Waals surface area contributed by atoms with Gasteiger partial charge in [0.15, 0.2) is 28.3 Å².